The van der Waals surface area contributed by atoms with Crippen LogP contribution in [-0.2, 0) is 4.74 Å². The first-order valence-corrected chi connectivity index (χ1v) is 10.7. The van der Waals surface area contributed by atoms with Crippen molar-refractivity contribution in [2.45, 2.75) is 44.1 Å². The average Bonchev–Trinajstić information content (AvgIpc) is 2.37. The number of hydrogen-bond donors (Lipinski definition) is 0. The Hall–Kier alpha value is -0.886. The van der Waals surface area contributed by atoms with Crippen molar-refractivity contribution < 1.29 is 28.7 Å². The van der Waals surface area contributed by atoms with Crippen LogP contribution in [0, 0.1) is 0 Å². The zero-order valence-corrected chi connectivity index (χ0v) is 14.6. The standard InChI is InChI=1S/C17H24O2Si.Li/c1-5-6-10-13-17(20(2,3)4)15(16(18)19-17)14-11-8-7-9-12-14;/h5,7-9,11-12,18H,1,6,10,13H2,2-4H3;/q;+1/p-1. The van der Waals surface area contributed by atoms with Gasteiger partial charge in [0.05, 0.1) is 14.0 Å². The third kappa shape index (κ3) is 3.31. The fourth-order valence-corrected chi connectivity index (χ4v) is 5.23. The number of allylic oxidation sites excluding steroid dienone is 1. The summed E-state index contributed by atoms with van der Waals surface area (Å²) in [6.45, 7) is 10.6. The van der Waals surface area contributed by atoms with Crippen molar-refractivity contribution in [2.75, 3.05) is 0 Å². The second kappa shape index (κ2) is 6.92. The summed E-state index contributed by atoms with van der Waals surface area (Å²) < 4.78 is 5.76. The Kier molecular flexibility index (Phi) is 5.98. The van der Waals surface area contributed by atoms with Gasteiger partial charge in [0.2, 0.25) is 0 Å². The minimum absolute atomic E-state index is 0. The zero-order valence-electron chi connectivity index (χ0n) is 13.6. The van der Waals surface area contributed by atoms with Crippen LogP contribution in [0.25, 0.3) is 5.57 Å². The van der Waals surface area contributed by atoms with Gasteiger partial charge >= 0.3 is 18.9 Å². The number of hydrogen-bond acceptors (Lipinski definition) is 2. The number of benzene rings is 1. The van der Waals surface area contributed by atoms with Gasteiger partial charge in [-0.3, -0.25) is 0 Å². The van der Waals surface area contributed by atoms with Crippen LogP contribution in [0.1, 0.15) is 24.8 Å². The van der Waals surface area contributed by atoms with Crippen LogP contribution >= 0.6 is 0 Å². The zero-order chi connectivity index (χ0) is 14.8. The van der Waals surface area contributed by atoms with E-state index in [0.29, 0.717) is 0 Å². The molecule has 0 aromatic heterocycles. The molecule has 21 heavy (non-hydrogen) atoms. The molecule has 0 aliphatic carbocycles. The predicted molar refractivity (Wildman–Crippen MR) is 84.6 cm³/mol. The number of ether oxygens (including phenoxy) is 1. The summed E-state index contributed by atoms with van der Waals surface area (Å²) in [5, 5.41) is 11.7. The molecular formula is C17H23LiO2Si. The van der Waals surface area contributed by atoms with Crippen LogP contribution in [0.3, 0.4) is 0 Å². The quantitative estimate of drug-likeness (QED) is 0.440. The van der Waals surface area contributed by atoms with E-state index in [-0.39, 0.29) is 30.0 Å². The molecule has 4 heteroatoms. The summed E-state index contributed by atoms with van der Waals surface area (Å²) in [6.07, 6.45) is 4.81. The SMILES string of the molecule is C=CCCCC1([Si](C)(C)C)OC([O-])=C1c1ccccc1.[Li+]. The van der Waals surface area contributed by atoms with Crippen LogP contribution in [0.2, 0.25) is 19.6 Å². The minimum Gasteiger partial charge on any atom is -0.605 e. The van der Waals surface area contributed by atoms with Crippen molar-refractivity contribution in [1.82, 2.24) is 0 Å². The van der Waals surface area contributed by atoms with Crippen LogP contribution < -0.4 is 24.0 Å². The normalized spacial score (nSPS) is 21.1. The molecule has 0 spiro atoms. The molecule has 1 atom stereocenters. The van der Waals surface area contributed by atoms with E-state index in [0.717, 1.165) is 30.4 Å². The molecule has 1 aromatic carbocycles. The molecule has 0 bridgehead atoms. The molecule has 0 N–H and O–H groups in total. The van der Waals surface area contributed by atoms with Gasteiger partial charge in [-0.2, -0.15) is 0 Å². The third-order valence-corrected chi connectivity index (χ3v) is 7.11. The maximum absolute atomic E-state index is 12.1. The Morgan fingerprint density at radius 2 is 1.86 bits per heavy atom. The molecule has 2 rings (SSSR count). The molecule has 1 aliphatic rings. The molecular weight excluding hydrogens is 271 g/mol. The maximum Gasteiger partial charge on any atom is 1.00 e. The van der Waals surface area contributed by atoms with E-state index in [1.165, 1.54) is 0 Å². The molecule has 0 radical (unpaired) electrons. The molecule has 1 unspecified atom stereocenters. The van der Waals surface area contributed by atoms with E-state index in [1.807, 2.05) is 36.4 Å². The Balaban J connectivity index is 0.00000220. The van der Waals surface area contributed by atoms with E-state index in [1.54, 1.807) is 0 Å². The van der Waals surface area contributed by atoms with E-state index < -0.39 is 8.07 Å². The van der Waals surface area contributed by atoms with Gasteiger partial charge in [0, 0.05) is 5.22 Å². The van der Waals surface area contributed by atoms with Crippen LogP contribution in [0.5, 0.6) is 0 Å². The van der Waals surface area contributed by atoms with Crippen molar-refractivity contribution in [3.05, 3.63) is 54.5 Å². The average molecular weight is 294 g/mol. The first kappa shape index (κ1) is 18.2. The Labute approximate surface area is 141 Å². The van der Waals surface area contributed by atoms with Crippen molar-refractivity contribution in [1.29, 1.82) is 0 Å². The predicted octanol–water partition coefficient (Wildman–Crippen LogP) is 0.722. The molecule has 1 heterocycles. The Morgan fingerprint density at radius 1 is 1.24 bits per heavy atom. The van der Waals surface area contributed by atoms with Crippen LogP contribution in [0.15, 0.2) is 48.9 Å². The van der Waals surface area contributed by atoms with Crippen molar-refractivity contribution in [2.24, 2.45) is 0 Å². The molecule has 0 amide bonds. The first-order chi connectivity index (χ1) is 9.42. The maximum atomic E-state index is 12.1. The second-order valence-corrected chi connectivity index (χ2v) is 11.7. The third-order valence-electron chi connectivity index (χ3n) is 4.09. The van der Waals surface area contributed by atoms with Crippen LogP contribution in [0.4, 0.5) is 0 Å². The summed E-state index contributed by atoms with van der Waals surface area (Å²) in [5.74, 6) is -0.141. The smallest absolute Gasteiger partial charge is 0.605 e. The molecule has 0 saturated carbocycles. The molecule has 0 fully saturated rings. The van der Waals surface area contributed by atoms with Crippen molar-refractivity contribution in [3.8, 4) is 0 Å². The van der Waals surface area contributed by atoms with E-state index in [4.69, 9.17) is 4.74 Å². The van der Waals surface area contributed by atoms with Crippen molar-refractivity contribution >= 4 is 13.6 Å². The molecule has 1 aliphatic heterocycles. The molecule has 0 saturated heterocycles. The van der Waals surface area contributed by atoms with Gasteiger partial charge in [-0.25, -0.2) is 0 Å². The topological polar surface area (TPSA) is 32.3 Å². The summed E-state index contributed by atoms with van der Waals surface area (Å²) in [6, 6.07) is 9.96. The van der Waals surface area contributed by atoms with Gasteiger partial charge in [0.25, 0.3) is 0 Å². The summed E-state index contributed by atoms with van der Waals surface area (Å²) in [4.78, 5) is 0. The number of rotatable bonds is 6. The number of unbranched alkanes of at least 4 members (excludes halogenated alkanes) is 1. The van der Waals surface area contributed by atoms with Gasteiger partial charge in [-0.15, -0.1) is 6.58 Å². The molecule has 2 nitrogen and oxygen atoms in total. The molecule has 108 valence electrons. The Morgan fingerprint density at radius 3 is 2.33 bits per heavy atom. The summed E-state index contributed by atoms with van der Waals surface area (Å²) >= 11 is 0. The van der Waals surface area contributed by atoms with Gasteiger partial charge < -0.3 is 9.84 Å². The minimum atomic E-state index is -1.68. The van der Waals surface area contributed by atoms with Gasteiger partial charge in [0.1, 0.15) is 0 Å². The van der Waals surface area contributed by atoms with Gasteiger partial charge in [0.15, 0.2) is 0 Å². The monoisotopic (exact) mass is 294 g/mol. The fraction of sp³-hybridized carbons (Fsp3) is 0.412. The van der Waals surface area contributed by atoms with Gasteiger partial charge in [-0.1, -0.05) is 56.0 Å². The second-order valence-electron chi connectivity index (χ2n) is 6.39. The fourth-order valence-electron chi connectivity index (χ4n) is 2.91. The Bertz CT molecular complexity index is 519. The largest absolute Gasteiger partial charge is 1.00 e. The van der Waals surface area contributed by atoms with E-state index >= 15 is 0 Å². The summed E-state index contributed by atoms with van der Waals surface area (Å²) in [7, 11) is -1.68. The van der Waals surface area contributed by atoms with E-state index in [9.17, 15) is 5.11 Å². The van der Waals surface area contributed by atoms with Crippen LogP contribution in [-0.4, -0.2) is 13.3 Å². The molecule has 1 aromatic rings. The van der Waals surface area contributed by atoms with E-state index in [2.05, 4.69) is 26.2 Å². The first-order valence-electron chi connectivity index (χ1n) is 7.19. The summed E-state index contributed by atoms with van der Waals surface area (Å²) in [5.41, 5.74) is 1.91. The van der Waals surface area contributed by atoms with Crippen molar-refractivity contribution in [3.63, 3.8) is 0 Å². The van der Waals surface area contributed by atoms with Gasteiger partial charge in [-0.05, 0) is 30.4 Å².